The molecule has 5 rings (SSSR count). The van der Waals surface area contributed by atoms with Crippen LogP contribution in [0.5, 0.6) is 0 Å². The molecule has 0 aromatic heterocycles. The van der Waals surface area contributed by atoms with Crippen LogP contribution in [0.2, 0.25) is 0 Å². The quantitative estimate of drug-likeness (QED) is 0.302. The van der Waals surface area contributed by atoms with Crippen LogP contribution in [-0.2, 0) is 13.1 Å². The normalized spacial score (nSPS) is 29.9. The summed E-state index contributed by atoms with van der Waals surface area (Å²) in [5.74, 6) is -7.32. The Balaban J connectivity index is 1.63. The summed E-state index contributed by atoms with van der Waals surface area (Å²) in [6.07, 6.45) is 0. The van der Waals surface area contributed by atoms with Crippen molar-refractivity contribution in [3.05, 3.63) is 71.3 Å². The van der Waals surface area contributed by atoms with Gasteiger partial charge in [0.15, 0.2) is 0 Å². The number of benzene rings is 2. The first-order valence-corrected chi connectivity index (χ1v) is 21.8. The SMILES string of the molecule is CN1CCN(Cc2ccc(F)cc2)P12=NP(Cl)(Cl)=NP1(=NP(Cl)(Cl)=N2)N(C)CCN1Cc1ccc(F)cc1. The number of hydrogen-bond donors (Lipinski definition) is 0. The standard InChI is InChI=1S/C20H26Cl4F2N8P4/c1-31-11-13-33(15-17-3-7-19(25)8-4-17)37(31)27-35(21,22)29-38(30-36(23,24)28-37)32(2)12-14-34(38)16-18-5-9-20(26)10-6-18/h3-10H,11-16H2,1-2H3. The van der Waals surface area contributed by atoms with Crippen LogP contribution >= 0.6 is 71.8 Å². The van der Waals surface area contributed by atoms with Gasteiger partial charge in [0.05, 0.1) is 0 Å². The Morgan fingerprint density at radius 1 is 0.605 bits per heavy atom. The summed E-state index contributed by atoms with van der Waals surface area (Å²) < 4.78 is 55.1. The third kappa shape index (κ3) is 6.04. The predicted molar refractivity (Wildman–Crippen MR) is 160 cm³/mol. The minimum Gasteiger partial charge on any atom is -0.241 e. The van der Waals surface area contributed by atoms with E-state index in [9.17, 15) is 8.78 Å². The van der Waals surface area contributed by atoms with Crippen LogP contribution in [0.3, 0.4) is 0 Å². The molecule has 208 valence electrons. The maximum absolute atomic E-state index is 13.5. The lowest BCUT2D eigenvalue weighted by molar-refractivity contribution is 0.477. The van der Waals surface area contributed by atoms with Crippen molar-refractivity contribution in [2.24, 2.45) is 18.1 Å². The second kappa shape index (κ2) is 11.1. The molecule has 2 aromatic rings. The van der Waals surface area contributed by atoms with Gasteiger partial charge in [-0.15, -0.1) is 0 Å². The maximum atomic E-state index is 13.5. The van der Waals surface area contributed by atoms with Gasteiger partial charge in [-0.2, -0.15) is 18.1 Å². The molecule has 2 spiro atoms. The lowest BCUT2D eigenvalue weighted by Gasteiger charge is -2.36. The first-order chi connectivity index (χ1) is 17.8. The molecule has 0 aliphatic carbocycles. The summed E-state index contributed by atoms with van der Waals surface area (Å²) in [4.78, 5) is 0. The second-order valence-corrected chi connectivity index (χ2v) is 25.2. The molecule has 3 heterocycles. The Bertz CT molecular complexity index is 1330. The molecule has 18 heteroatoms. The van der Waals surface area contributed by atoms with Gasteiger partial charge in [0.2, 0.25) is 15.0 Å². The van der Waals surface area contributed by atoms with Gasteiger partial charge in [-0.1, -0.05) is 24.3 Å². The highest BCUT2D eigenvalue weighted by Crippen LogP contribution is 2.87. The molecule has 2 unspecified atom stereocenters. The third-order valence-corrected chi connectivity index (χ3v) is 23.1. The van der Waals surface area contributed by atoms with Gasteiger partial charge in [-0.25, -0.2) is 27.5 Å². The Kier molecular flexibility index (Phi) is 8.70. The first-order valence-electron chi connectivity index (χ1n) is 11.6. The Labute approximate surface area is 241 Å². The highest BCUT2D eigenvalue weighted by atomic mass is 35.9. The van der Waals surface area contributed by atoms with Gasteiger partial charge >= 0.3 is 0 Å². The van der Waals surface area contributed by atoms with Gasteiger partial charge < -0.3 is 0 Å². The lowest BCUT2D eigenvalue weighted by atomic mass is 10.2. The summed E-state index contributed by atoms with van der Waals surface area (Å²) in [6.45, 7) is 3.38. The number of hydrogen-bond acceptors (Lipinski definition) is 8. The largest absolute Gasteiger partial charge is 0.257 e. The molecule has 2 fully saturated rings. The van der Waals surface area contributed by atoms with Crippen LogP contribution in [0.25, 0.3) is 0 Å². The van der Waals surface area contributed by atoms with E-state index in [0.717, 1.165) is 11.1 Å². The lowest BCUT2D eigenvalue weighted by Crippen LogP contribution is -2.18. The Morgan fingerprint density at radius 3 is 1.29 bits per heavy atom. The van der Waals surface area contributed by atoms with E-state index in [1.165, 1.54) is 24.3 Å². The summed E-state index contributed by atoms with van der Waals surface area (Å²) in [6, 6.07) is 12.5. The van der Waals surface area contributed by atoms with E-state index in [1.54, 1.807) is 24.3 Å². The average molecular weight is 682 g/mol. The van der Waals surface area contributed by atoms with Crippen LogP contribution in [-0.4, -0.2) is 59.0 Å². The molecule has 3 aliphatic rings. The van der Waals surface area contributed by atoms with Crippen molar-refractivity contribution in [1.82, 2.24) is 18.7 Å². The molecule has 38 heavy (non-hydrogen) atoms. The summed E-state index contributed by atoms with van der Waals surface area (Å²) in [5, 5.41) is 0. The van der Waals surface area contributed by atoms with Crippen molar-refractivity contribution in [1.29, 1.82) is 0 Å². The molecule has 0 saturated carbocycles. The van der Waals surface area contributed by atoms with Crippen LogP contribution in [0, 0.1) is 11.6 Å². The highest BCUT2D eigenvalue weighted by Gasteiger charge is 2.47. The minimum atomic E-state index is -3.35. The van der Waals surface area contributed by atoms with Crippen LogP contribution in [0.4, 0.5) is 8.78 Å². The van der Waals surface area contributed by atoms with E-state index in [1.807, 2.05) is 23.4 Å². The number of likely N-dealkylation sites (N-methyl/N-ethyl adjacent to an activating group) is 2. The molecule has 2 saturated heterocycles. The molecule has 3 aliphatic heterocycles. The smallest absolute Gasteiger partial charge is 0.241 e. The Hall–Kier alpha value is 0.220. The third-order valence-electron chi connectivity index (χ3n) is 6.51. The van der Waals surface area contributed by atoms with Crippen LogP contribution in [0.1, 0.15) is 11.1 Å². The second-order valence-electron chi connectivity index (χ2n) is 9.13. The molecule has 2 atom stereocenters. The molecule has 2 aromatic carbocycles. The molecule has 0 amide bonds. The fraction of sp³-hybridized carbons (Fsp3) is 0.400. The average Bonchev–Trinajstić information content (AvgIpc) is 3.26. The van der Waals surface area contributed by atoms with Gasteiger partial charge in [0, 0.05) is 39.3 Å². The molecular weight excluding hydrogens is 656 g/mol. The zero-order chi connectivity index (χ0) is 27.3. The van der Waals surface area contributed by atoms with E-state index in [0.29, 0.717) is 39.3 Å². The van der Waals surface area contributed by atoms with Crippen molar-refractivity contribution >= 4 is 71.8 Å². The maximum Gasteiger partial charge on any atom is 0.257 e. The molecule has 0 radical (unpaired) electrons. The summed E-state index contributed by atoms with van der Waals surface area (Å²) >= 11 is 28.0. The van der Waals surface area contributed by atoms with Crippen molar-refractivity contribution in [3.63, 3.8) is 0 Å². The first kappa shape index (κ1) is 29.7. The summed E-state index contributed by atoms with van der Waals surface area (Å²) in [5.41, 5.74) is 1.77. The van der Waals surface area contributed by atoms with Crippen LogP contribution < -0.4 is 0 Å². The number of nitrogens with zero attached hydrogens (tertiary/aromatic N) is 8. The predicted octanol–water partition coefficient (Wildman–Crippen LogP) is 9.91. The van der Waals surface area contributed by atoms with E-state index in [-0.39, 0.29) is 11.6 Å². The minimum absolute atomic E-state index is 0.312. The van der Waals surface area contributed by atoms with E-state index >= 15 is 0 Å². The fourth-order valence-electron chi connectivity index (χ4n) is 4.59. The molecule has 0 bridgehead atoms. The van der Waals surface area contributed by atoms with Gasteiger partial charge in [0.1, 0.15) is 11.6 Å². The monoisotopic (exact) mass is 680 g/mol. The van der Waals surface area contributed by atoms with Crippen molar-refractivity contribution in [2.75, 3.05) is 40.3 Å². The van der Waals surface area contributed by atoms with E-state index < -0.39 is 26.8 Å². The van der Waals surface area contributed by atoms with Gasteiger partial charge in [0.25, 0.3) is 11.8 Å². The molecular formula is C20H26Cl4F2N8P4. The van der Waals surface area contributed by atoms with Crippen molar-refractivity contribution in [2.45, 2.75) is 13.1 Å². The van der Waals surface area contributed by atoms with Crippen molar-refractivity contribution in [3.8, 4) is 0 Å². The highest BCUT2D eigenvalue weighted by molar-refractivity contribution is 8.16. The zero-order valence-electron chi connectivity index (χ0n) is 20.5. The van der Waals surface area contributed by atoms with Gasteiger partial charge in [-0.05, 0) is 94.5 Å². The van der Waals surface area contributed by atoms with Crippen LogP contribution in [0.15, 0.2) is 66.6 Å². The molecule has 0 N–H and O–H groups in total. The van der Waals surface area contributed by atoms with Gasteiger partial charge in [-0.3, -0.25) is 0 Å². The topological polar surface area (TPSA) is 62.4 Å². The molecule has 8 nitrogen and oxygen atoms in total. The number of rotatable bonds is 4. The fourth-order valence-corrected chi connectivity index (χ4v) is 24.6. The van der Waals surface area contributed by atoms with Crippen molar-refractivity contribution < 1.29 is 8.78 Å². The zero-order valence-corrected chi connectivity index (χ0v) is 27.1. The van der Waals surface area contributed by atoms with E-state index in [2.05, 4.69) is 9.34 Å². The number of halogens is 6. The van der Waals surface area contributed by atoms with E-state index in [4.69, 9.17) is 63.0 Å². The summed E-state index contributed by atoms with van der Waals surface area (Å²) in [7, 11) is -2.13. The Morgan fingerprint density at radius 2 is 0.947 bits per heavy atom.